The summed E-state index contributed by atoms with van der Waals surface area (Å²) in [6.07, 6.45) is 3.29. The van der Waals surface area contributed by atoms with Gasteiger partial charge in [-0.25, -0.2) is 0 Å². The maximum absolute atomic E-state index is 13.0. The van der Waals surface area contributed by atoms with E-state index in [1.54, 1.807) is 7.11 Å². The van der Waals surface area contributed by atoms with Crippen molar-refractivity contribution >= 4 is 5.91 Å². The second-order valence-electron chi connectivity index (χ2n) is 10.7. The number of piperazine rings is 1. The molecule has 1 saturated carbocycles. The quantitative estimate of drug-likeness (QED) is 0.353. The van der Waals surface area contributed by atoms with Gasteiger partial charge in [0.25, 0.3) is 11.8 Å². The van der Waals surface area contributed by atoms with Gasteiger partial charge in [-0.2, -0.15) is 10.1 Å². The highest BCUT2D eigenvalue weighted by Crippen LogP contribution is 2.44. The normalized spacial score (nSPS) is 17.3. The van der Waals surface area contributed by atoms with E-state index in [1.165, 1.54) is 12.0 Å². The summed E-state index contributed by atoms with van der Waals surface area (Å²) < 4.78 is 13.3. The number of hydrogen-bond acceptors (Lipinski definition) is 7. The summed E-state index contributed by atoms with van der Waals surface area (Å²) in [5.74, 6) is 0.987. The van der Waals surface area contributed by atoms with Crippen LogP contribution in [0.5, 0.6) is 0 Å². The Morgan fingerprint density at radius 1 is 1.05 bits per heavy atom. The average molecular weight is 527 g/mol. The Hall–Kier alpha value is -3.82. The molecule has 9 heteroatoms. The number of benzene rings is 2. The predicted molar refractivity (Wildman–Crippen MR) is 147 cm³/mol. The first-order chi connectivity index (χ1) is 18.9. The number of likely N-dealkylation sites (N-methyl/N-ethyl adjacent to an activating group) is 1. The minimum absolute atomic E-state index is 0.0827. The molecule has 6 rings (SSSR count). The van der Waals surface area contributed by atoms with E-state index < -0.39 is 0 Å². The third-order valence-electron chi connectivity index (χ3n) is 8.14. The van der Waals surface area contributed by atoms with Gasteiger partial charge >= 0.3 is 0 Å². The molecular formula is C30H34N6O3. The Balaban J connectivity index is 1.16. The van der Waals surface area contributed by atoms with E-state index >= 15 is 0 Å². The topological polar surface area (TPSA) is 89.5 Å². The zero-order valence-electron chi connectivity index (χ0n) is 22.8. The first kappa shape index (κ1) is 25.5. The van der Waals surface area contributed by atoms with Gasteiger partial charge in [-0.3, -0.25) is 9.48 Å². The van der Waals surface area contributed by atoms with Crippen molar-refractivity contribution in [2.45, 2.75) is 38.3 Å². The fourth-order valence-electron chi connectivity index (χ4n) is 5.42. The summed E-state index contributed by atoms with van der Waals surface area (Å²) >= 11 is 0. The minimum Gasteiger partial charge on any atom is -0.374 e. The number of aromatic nitrogens is 4. The van der Waals surface area contributed by atoms with Gasteiger partial charge in [0.05, 0.1) is 12.1 Å². The van der Waals surface area contributed by atoms with E-state index in [4.69, 9.17) is 14.4 Å². The smallest absolute Gasteiger partial charge is 0.278 e. The van der Waals surface area contributed by atoms with Crippen molar-refractivity contribution in [1.82, 2.24) is 29.7 Å². The molecule has 0 bridgehead atoms. The largest absolute Gasteiger partial charge is 0.374 e. The second kappa shape index (κ2) is 10.4. The van der Waals surface area contributed by atoms with Crippen molar-refractivity contribution in [3.8, 4) is 23.0 Å². The molecule has 0 atom stereocenters. The number of amides is 1. The molecule has 39 heavy (non-hydrogen) atoms. The monoisotopic (exact) mass is 526 g/mol. The van der Waals surface area contributed by atoms with Crippen LogP contribution in [0.1, 0.15) is 46.4 Å². The van der Waals surface area contributed by atoms with Gasteiger partial charge in [0.15, 0.2) is 5.69 Å². The standard InChI is InChI=1S/C30H34N6O3/c1-21-18-26(28-31-27(33-39-28)23-8-10-25(11-9-23)30(38-3)12-5-13-30)32-36(21)20-22-6-4-7-24(19-22)29(37)35-16-14-34(2)15-17-35/h4,6-11,18-19H,5,12-17,20H2,1-3H3. The highest BCUT2D eigenvalue weighted by Gasteiger charge is 2.38. The summed E-state index contributed by atoms with van der Waals surface area (Å²) in [6.45, 7) is 5.85. The Labute approximate surface area is 228 Å². The molecule has 0 unspecified atom stereocenters. The van der Waals surface area contributed by atoms with E-state index in [1.807, 2.05) is 59.0 Å². The maximum Gasteiger partial charge on any atom is 0.278 e. The van der Waals surface area contributed by atoms with Gasteiger partial charge in [0.1, 0.15) is 0 Å². The zero-order chi connectivity index (χ0) is 27.0. The Bertz CT molecular complexity index is 1460. The Kier molecular flexibility index (Phi) is 6.78. The van der Waals surface area contributed by atoms with Crippen LogP contribution >= 0.6 is 0 Å². The van der Waals surface area contributed by atoms with Crippen molar-refractivity contribution < 1.29 is 14.1 Å². The molecule has 2 fully saturated rings. The lowest BCUT2D eigenvalue weighted by atomic mass is 9.75. The van der Waals surface area contributed by atoms with E-state index in [9.17, 15) is 4.79 Å². The first-order valence-electron chi connectivity index (χ1n) is 13.6. The third-order valence-corrected chi connectivity index (χ3v) is 8.14. The molecule has 202 valence electrons. The van der Waals surface area contributed by atoms with Gasteiger partial charge in [-0.05, 0) is 62.6 Å². The molecule has 3 heterocycles. The molecular weight excluding hydrogens is 492 g/mol. The fraction of sp³-hybridized carbons (Fsp3) is 0.400. The molecule has 0 spiro atoms. The molecule has 0 N–H and O–H groups in total. The molecule has 9 nitrogen and oxygen atoms in total. The van der Waals surface area contributed by atoms with Crippen molar-refractivity contribution in [2.75, 3.05) is 40.3 Å². The van der Waals surface area contributed by atoms with Gasteiger partial charge in [-0.15, -0.1) is 0 Å². The van der Waals surface area contributed by atoms with Gasteiger partial charge in [-0.1, -0.05) is 41.6 Å². The SMILES string of the molecule is COC1(c2ccc(-c3noc(-c4cc(C)n(Cc5cccc(C(=O)N6CCN(C)CC6)c5)n4)n3)cc2)CCC1. The highest BCUT2D eigenvalue weighted by molar-refractivity contribution is 5.94. The third kappa shape index (κ3) is 4.99. The number of methoxy groups -OCH3 is 1. The van der Waals surface area contributed by atoms with Crippen LogP contribution in [0.4, 0.5) is 0 Å². The molecule has 1 aliphatic heterocycles. The van der Waals surface area contributed by atoms with E-state index in [-0.39, 0.29) is 11.5 Å². The van der Waals surface area contributed by atoms with E-state index in [0.717, 1.165) is 55.8 Å². The van der Waals surface area contributed by atoms with E-state index in [0.29, 0.717) is 29.5 Å². The fourth-order valence-corrected chi connectivity index (χ4v) is 5.42. The van der Waals surface area contributed by atoms with Gasteiger partial charge < -0.3 is 19.1 Å². The molecule has 2 aliphatic rings. The van der Waals surface area contributed by atoms with Gasteiger partial charge in [0, 0.05) is 50.1 Å². The van der Waals surface area contributed by atoms with Crippen LogP contribution in [0.15, 0.2) is 59.1 Å². The number of ether oxygens (including phenoxy) is 1. The first-order valence-corrected chi connectivity index (χ1v) is 13.6. The van der Waals surface area contributed by atoms with Gasteiger partial charge in [0.2, 0.25) is 5.82 Å². The van der Waals surface area contributed by atoms with Crippen LogP contribution in [0, 0.1) is 6.92 Å². The molecule has 1 aliphatic carbocycles. The molecule has 4 aromatic rings. The number of nitrogens with zero attached hydrogens (tertiary/aromatic N) is 6. The number of carbonyl (C=O) groups excluding carboxylic acids is 1. The lowest BCUT2D eigenvalue weighted by Gasteiger charge is -2.41. The minimum atomic E-state index is -0.150. The van der Waals surface area contributed by atoms with Crippen LogP contribution in [-0.2, 0) is 16.9 Å². The maximum atomic E-state index is 13.0. The molecule has 2 aromatic carbocycles. The summed E-state index contributed by atoms with van der Waals surface area (Å²) in [5, 5.41) is 8.93. The number of carbonyl (C=O) groups is 1. The number of hydrogen-bond donors (Lipinski definition) is 0. The average Bonchev–Trinajstić information content (AvgIpc) is 3.56. The Morgan fingerprint density at radius 3 is 2.51 bits per heavy atom. The lowest BCUT2D eigenvalue weighted by molar-refractivity contribution is -0.0778. The Morgan fingerprint density at radius 2 is 1.82 bits per heavy atom. The number of aryl methyl sites for hydroxylation is 1. The summed E-state index contributed by atoms with van der Waals surface area (Å²) in [6, 6.07) is 18.0. The second-order valence-corrected chi connectivity index (χ2v) is 10.7. The van der Waals surface area contributed by atoms with Crippen molar-refractivity contribution in [2.24, 2.45) is 0 Å². The van der Waals surface area contributed by atoms with Crippen LogP contribution < -0.4 is 0 Å². The van der Waals surface area contributed by atoms with Crippen LogP contribution in [0.3, 0.4) is 0 Å². The molecule has 1 amide bonds. The zero-order valence-corrected chi connectivity index (χ0v) is 22.8. The predicted octanol–water partition coefficient (Wildman–Crippen LogP) is 4.37. The van der Waals surface area contributed by atoms with Crippen molar-refractivity contribution in [3.05, 3.63) is 77.0 Å². The number of rotatable bonds is 7. The lowest BCUT2D eigenvalue weighted by Crippen LogP contribution is -2.47. The summed E-state index contributed by atoms with van der Waals surface area (Å²) in [7, 11) is 3.87. The van der Waals surface area contributed by atoms with Crippen molar-refractivity contribution in [1.29, 1.82) is 0 Å². The molecule has 2 aromatic heterocycles. The van der Waals surface area contributed by atoms with Crippen LogP contribution in [0.2, 0.25) is 0 Å². The van der Waals surface area contributed by atoms with Crippen LogP contribution in [0.25, 0.3) is 23.0 Å². The molecule has 1 saturated heterocycles. The van der Waals surface area contributed by atoms with Crippen molar-refractivity contribution in [3.63, 3.8) is 0 Å². The summed E-state index contributed by atoms with van der Waals surface area (Å²) in [5.41, 5.74) is 5.24. The highest BCUT2D eigenvalue weighted by atomic mass is 16.5. The van der Waals surface area contributed by atoms with E-state index in [2.05, 4.69) is 34.2 Å². The van der Waals surface area contributed by atoms with Crippen LogP contribution in [-0.4, -0.2) is 76.0 Å². The molecule has 0 radical (unpaired) electrons. The summed E-state index contributed by atoms with van der Waals surface area (Å²) in [4.78, 5) is 21.8.